The number of sulfone groups is 1. The molecule has 0 saturated carbocycles. The molecular formula is C22H27ClN2O3S. The van der Waals surface area contributed by atoms with Gasteiger partial charge < -0.3 is 9.80 Å². The third-order valence-electron chi connectivity index (χ3n) is 5.40. The fourth-order valence-electron chi connectivity index (χ4n) is 3.77. The molecule has 156 valence electrons. The Kier molecular flexibility index (Phi) is 6.85. The van der Waals surface area contributed by atoms with E-state index in [0.29, 0.717) is 23.6 Å². The fourth-order valence-corrected chi connectivity index (χ4v) is 5.69. The Labute approximate surface area is 178 Å². The van der Waals surface area contributed by atoms with Crippen LogP contribution in [-0.4, -0.2) is 49.9 Å². The van der Waals surface area contributed by atoms with Crippen molar-refractivity contribution in [3.05, 3.63) is 64.7 Å². The van der Waals surface area contributed by atoms with Gasteiger partial charge in [0.2, 0.25) is 0 Å². The number of carbonyl (C=O) groups is 1. The minimum absolute atomic E-state index is 0.0108. The fraction of sp³-hybridized carbons (Fsp3) is 0.409. The minimum atomic E-state index is -3.11. The molecule has 0 unspecified atom stereocenters. The summed E-state index contributed by atoms with van der Waals surface area (Å²) in [5, 5.41) is 0.485. The molecule has 5 nitrogen and oxygen atoms in total. The highest BCUT2D eigenvalue weighted by atomic mass is 35.5. The largest absolute Gasteiger partial charge is 0.372 e. The molecular weight excluding hydrogens is 408 g/mol. The smallest absolute Gasteiger partial charge is 0.254 e. The average Bonchev–Trinajstić information content (AvgIpc) is 3.07. The monoisotopic (exact) mass is 434 g/mol. The standard InChI is InChI=1S/C22H27ClN2O3S/c1-3-24(4-2)20-10-8-17(9-11-20)15-25(21-12-13-29(27,28)16-21)22(26)18-6-5-7-19(23)14-18/h5-11,14,21H,3-4,12-13,15-16H2,1-2H3/t21-/m1/s1. The van der Waals surface area contributed by atoms with Gasteiger partial charge in [0.1, 0.15) is 0 Å². The molecule has 1 amide bonds. The minimum Gasteiger partial charge on any atom is -0.372 e. The second-order valence-corrected chi connectivity index (χ2v) is 10.0. The second-order valence-electron chi connectivity index (χ2n) is 7.34. The molecule has 29 heavy (non-hydrogen) atoms. The zero-order valence-electron chi connectivity index (χ0n) is 16.8. The zero-order chi connectivity index (χ0) is 21.0. The van der Waals surface area contributed by atoms with E-state index < -0.39 is 9.84 Å². The molecule has 7 heteroatoms. The van der Waals surface area contributed by atoms with Crippen LogP contribution in [0.5, 0.6) is 0 Å². The Balaban J connectivity index is 1.86. The van der Waals surface area contributed by atoms with Crippen molar-refractivity contribution in [3.63, 3.8) is 0 Å². The summed E-state index contributed by atoms with van der Waals surface area (Å²) in [7, 11) is -3.11. The molecule has 1 fully saturated rings. The van der Waals surface area contributed by atoms with E-state index in [-0.39, 0.29) is 23.5 Å². The lowest BCUT2D eigenvalue weighted by molar-refractivity contribution is 0.0681. The number of nitrogens with zero attached hydrogens (tertiary/aromatic N) is 2. The lowest BCUT2D eigenvalue weighted by Crippen LogP contribution is -2.40. The highest BCUT2D eigenvalue weighted by Crippen LogP contribution is 2.24. The van der Waals surface area contributed by atoms with Gasteiger partial charge in [-0.25, -0.2) is 8.42 Å². The van der Waals surface area contributed by atoms with E-state index >= 15 is 0 Å². The molecule has 0 bridgehead atoms. The van der Waals surface area contributed by atoms with Crippen molar-refractivity contribution < 1.29 is 13.2 Å². The summed E-state index contributed by atoms with van der Waals surface area (Å²) >= 11 is 6.06. The molecule has 0 spiro atoms. The maximum absolute atomic E-state index is 13.2. The van der Waals surface area contributed by atoms with Crippen LogP contribution < -0.4 is 4.90 Å². The molecule has 2 aromatic rings. The highest BCUT2D eigenvalue weighted by Gasteiger charge is 2.35. The van der Waals surface area contributed by atoms with Gasteiger partial charge in [0, 0.05) is 41.9 Å². The summed E-state index contributed by atoms with van der Waals surface area (Å²) in [5.74, 6) is -0.0585. The van der Waals surface area contributed by atoms with Crippen molar-refractivity contribution in [3.8, 4) is 0 Å². The number of anilines is 1. The van der Waals surface area contributed by atoms with Crippen LogP contribution in [0.1, 0.15) is 36.2 Å². The van der Waals surface area contributed by atoms with Gasteiger partial charge in [-0.15, -0.1) is 0 Å². The van der Waals surface area contributed by atoms with Crippen LogP contribution >= 0.6 is 11.6 Å². The van der Waals surface area contributed by atoms with Crippen molar-refractivity contribution >= 4 is 33.0 Å². The van der Waals surface area contributed by atoms with Crippen LogP contribution in [0.3, 0.4) is 0 Å². The number of carbonyl (C=O) groups excluding carboxylic acids is 1. The van der Waals surface area contributed by atoms with Crippen molar-refractivity contribution in [1.29, 1.82) is 0 Å². The highest BCUT2D eigenvalue weighted by molar-refractivity contribution is 7.91. The van der Waals surface area contributed by atoms with Gasteiger partial charge in [-0.1, -0.05) is 29.8 Å². The summed E-state index contributed by atoms with van der Waals surface area (Å²) in [6.45, 7) is 6.45. The van der Waals surface area contributed by atoms with Gasteiger partial charge in [0.15, 0.2) is 9.84 Å². The van der Waals surface area contributed by atoms with Gasteiger partial charge in [-0.05, 0) is 56.2 Å². The first kappa shape index (κ1) is 21.7. The predicted molar refractivity (Wildman–Crippen MR) is 118 cm³/mol. The first-order valence-corrected chi connectivity index (χ1v) is 12.1. The lowest BCUT2D eigenvalue weighted by Gasteiger charge is -2.29. The molecule has 1 saturated heterocycles. The number of hydrogen-bond acceptors (Lipinski definition) is 4. The third kappa shape index (κ3) is 5.31. The van der Waals surface area contributed by atoms with Gasteiger partial charge in [-0.2, -0.15) is 0 Å². The van der Waals surface area contributed by atoms with E-state index in [9.17, 15) is 13.2 Å². The molecule has 0 aliphatic carbocycles. The SMILES string of the molecule is CCN(CC)c1ccc(CN(C(=O)c2cccc(Cl)c2)[C@@H]2CCS(=O)(=O)C2)cc1. The van der Waals surface area contributed by atoms with E-state index in [1.54, 1.807) is 29.2 Å². The quantitative estimate of drug-likeness (QED) is 0.660. The molecule has 1 aliphatic rings. The van der Waals surface area contributed by atoms with Crippen LogP contribution in [-0.2, 0) is 16.4 Å². The Morgan fingerprint density at radius 3 is 2.34 bits per heavy atom. The molecule has 2 aromatic carbocycles. The van der Waals surface area contributed by atoms with Gasteiger partial charge in [-0.3, -0.25) is 4.79 Å². The summed E-state index contributed by atoms with van der Waals surface area (Å²) in [5.41, 5.74) is 2.58. The molecule has 0 radical (unpaired) electrons. The first-order chi connectivity index (χ1) is 13.8. The van der Waals surface area contributed by atoms with Crippen molar-refractivity contribution in [2.45, 2.75) is 32.9 Å². The summed E-state index contributed by atoms with van der Waals surface area (Å²) in [4.78, 5) is 17.2. The molecule has 0 N–H and O–H groups in total. The van der Waals surface area contributed by atoms with Crippen molar-refractivity contribution in [2.75, 3.05) is 29.5 Å². The van der Waals surface area contributed by atoms with Gasteiger partial charge >= 0.3 is 0 Å². The summed E-state index contributed by atoms with van der Waals surface area (Å²) in [6.07, 6.45) is 0.464. The summed E-state index contributed by atoms with van der Waals surface area (Å²) < 4.78 is 24.1. The van der Waals surface area contributed by atoms with Crippen LogP contribution in [0.4, 0.5) is 5.69 Å². The Bertz CT molecular complexity index is 956. The number of amides is 1. The summed E-state index contributed by atoms with van der Waals surface area (Å²) in [6, 6.07) is 14.6. The van der Waals surface area contributed by atoms with Crippen LogP contribution in [0.2, 0.25) is 5.02 Å². The van der Waals surface area contributed by atoms with Gasteiger partial charge in [0.25, 0.3) is 5.91 Å². The number of rotatable bonds is 7. The van der Waals surface area contributed by atoms with Crippen LogP contribution in [0.15, 0.2) is 48.5 Å². The third-order valence-corrected chi connectivity index (χ3v) is 7.38. The van der Waals surface area contributed by atoms with Crippen molar-refractivity contribution in [2.24, 2.45) is 0 Å². The maximum Gasteiger partial charge on any atom is 0.254 e. The molecule has 1 aliphatic heterocycles. The van der Waals surface area contributed by atoms with E-state index in [2.05, 4.69) is 30.9 Å². The first-order valence-electron chi connectivity index (χ1n) is 9.93. The Morgan fingerprint density at radius 2 is 1.79 bits per heavy atom. The molecule has 1 heterocycles. The lowest BCUT2D eigenvalue weighted by atomic mass is 10.1. The van der Waals surface area contributed by atoms with E-state index in [0.717, 1.165) is 24.3 Å². The van der Waals surface area contributed by atoms with Crippen molar-refractivity contribution in [1.82, 2.24) is 4.90 Å². The topological polar surface area (TPSA) is 57.7 Å². The second kappa shape index (κ2) is 9.18. The number of halogens is 1. The number of hydrogen-bond donors (Lipinski definition) is 0. The molecule has 0 aromatic heterocycles. The van der Waals surface area contributed by atoms with E-state index in [1.807, 2.05) is 12.1 Å². The zero-order valence-corrected chi connectivity index (χ0v) is 18.4. The normalized spacial score (nSPS) is 17.8. The Hall–Kier alpha value is -2.05. The van der Waals surface area contributed by atoms with Gasteiger partial charge in [0.05, 0.1) is 11.5 Å². The van der Waals surface area contributed by atoms with E-state index in [1.165, 1.54) is 0 Å². The van der Waals surface area contributed by atoms with Crippen LogP contribution in [0, 0.1) is 0 Å². The predicted octanol–water partition coefficient (Wildman–Crippen LogP) is 4.02. The number of benzene rings is 2. The Morgan fingerprint density at radius 1 is 1.10 bits per heavy atom. The van der Waals surface area contributed by atoms with E-state index in [4.69, 9.17) is 11.6 Å². The van der Waals surface area contributed by atoms with Crippen LogP contribution in [0.25, 0.3) is 0 Å². The maximum atomic E-state index is 13.2. The molecule has 3 rings (SSSR count). The molecule has 1 atom stereocenters. The average molecular weight is 435 g/mol.